The summed E-state index contributed by atoms with van der Waals surface area (Å²) in [5, 5.41) is 12.1. The molecule has 1 saturated heterocycles. The monoisotopic (exact) mass is 599 g/mol. The molecular weight excluding hydrogens is 568 g/mol. The van der Waals surface area contributed by atoms with Gasteiger partial charge in [0.1, 0.15) is 17.2 Å². The number of aliphatic hydroxyl groups excluding tert-OH is 1. The summed E-state index contributed by atoms with van der Waals surface area (Å²) in [6, 6.07) is 8.74. The molecule has 5 rings (SSSR count). The molecule has 0 aliphatic carbocycles. The molecule has 14 heteroatoms. The van der Waals surface area contributed by atoms with Gasteiger partial charge in [-0.2, -0.15) is 0 Å². The summed E-state index contributed by atoms with van der Waals surface area (Å²) < 4.78 is 62.8. The SMILES string of the molecule is CCCS(=O)(=O)Nc1ccc(F)c(-c2ccc3nc(-c4ccc(NCCCO)nc4)nc(N4CCOCC4)c3n2)c1F. The zero-order valence-electron chi connectivity index (χ0n) is 23.0. The van der Waals surface area contributed by atoms with Crippen molar-refractivity contribution in [3.63, 3.8) is 0 Å². The molecule has 42 heavy (non-hydrogen) atoms. The Hall–Kier alpha value is -4.01. The van der Waals surface area contributed by atoms with E-state index in [0.29, 0.717) is 79.7 Å². The lowest BCUT2D eigenvalue weighted by Crippen LogP contribution is -2.37. The van der Waals surface area contributed by atoms with Gasteiger partial charge in [0.15, 0.2) is 17.5 Å². The first kappa shape index (κ1) is 29.5. The fourth-order valence-electron chi connectivity index (χ4n) is 4.54. The van der Waals surface area contributed by atoms with Crippen LogP contribution in [0.5, 0.6) is 0 Å². The number of pyridine rings is 2. The molecule has 0 amide bonds. The average Bonchev–Trinajstić information content (AvgIpc) is 2.99. The molecule has 3 aromatic heterocycles. The number of anilines is 3. The summed E-state index contributed by atoms with van der Waals surface area (Å²) in [6.45, 7) is 4.35. The molecule has 0 saturated carbocycles. The molecule has 4 heterocycles. The Kier molecular flexibility index (Phi) is 9.04. The smallest absolute Gasteiger partial charge is 0.232 e. The van der Waals surface area contributed by atoms with Crippen molar-refractivity contribution >= 4 is 38.4 Å². The van der Waals surface area contributed by atoms with E-state index >= 15 is 8.78 Å². The lowest BCUT2D eigenvalue weighted by Gasteiger charge is -2.28. The van der Waals surface area contributed by atoms with Crippen LogP contribution in [0.25, 0.3) is 33.7 Å². The minimum atomic E-state index is -3.81. The van der Waals surface area contributed by atoms with Gasteiger partial charge in [-0.05, 0) is 49.2 Å². The zero-order chi connectivity index (χ0) is 29.7. The predicted molar refractivity (Wildman–Crippen MR) is 157 cm³/mol. The van der Waals surface area contributed by atoms with Gasteiger partial charge in [0, 0.05) is 38.0 Å². The summed E-state index contributed by atoms with van der Waals surface area (Å²) in [4.78, 5) is 20.4. The first-order chi connectivity index (χ1) is 20.3. The van der Waals surface area contributed by atoms with Crippen LogP contribution in [0.1, 0.15) is 19.8 Å². The van der Waals surface area contributed by atoms with Gasteiger partial charge in [-0.3, -0.25) is 4.72 Å². The summed E-state index contributed by atoms with van der Waals surface area (Å²) >= 11 is 0. The van der Waals surface area contributed by atoms with Gasteiger partial charge >= 0.3 is 0 Å². The number of fused-ring (bicyclic) bond motifs is 1. The Labute approximate surface area is 242 Å². The largest absolute Gasteiger partial charge is 0.396 e. The van der Waals surface area contributed by atoms with Gasteiger partial charge in [-0.25, -0.2) is 37.1 Å². The van der Waals surface area contributed by atoms with Crippen LogP contribution in [-0.4, -0.2) is 78.7 Å². The number of morpholine rings is 1. The summed E-state index contributed by atoms with van der Waals surface area (Å²) in [7, 11) is -3.81. The second kappa shape index (κ2) is 12.9. The number of nitrogens with zero attached hydrogens (tertiary/aromatic N) is 5. The van der Waals surface area contributed by atoms with Gasteiger partial charge in [0.05, 0.1) is 41.4 Å². The van der Waals surface area contributed by atoms with E-state index in [2.05, 4.69) is 25.0 Å². The van der Waals surface area contributed by atoms with E-state index in [-0.39, 0.29) is 23.7 Å². The Morgan fingerprint density at radius 2 is 1.86 bits per heavy atom. The highest BCUT2D eigenvalue weighted by Crippen LogP contribution is 2.34. The molecule has 3 N–H and O–H groups in total. The molecule has 4 aromatic rings. The molecule has 1 aliphatic heterocycles. The highest BCUT2D eigenvalue weighted by Gasteiger charge is 2.23. The van der Waals surface area contributed by atoms with E-state index in [9.17, 15) is 8.42 Å². The molecule has 0 unspecified atom stereocenters. The van der Waals surface area contributed by atoms with Crippen molar-refractivity contribution in [2.75, 3.05) is 60.1 Å². The van der Waals surface area contributed by atoms with Crippen molar-refractivity contribution in [2.45, 2.75) is 19.8 Å². The third-order valence-electron chi connectivity index (χ3n) is 6.58. The minimum absolute atomic E-state index is 0.0279. The second-order valence-electron chi connectivity index (χ2n) is 9.68. The van der Waals surface area contributed by atoms with Crippen LogP contribution < -0.4 is 14.9 Å². The van der Waals surface area contributed by atoms with Crippen molar-refractivity contribution in [2.24, 2.45) is 0 Å². The highest BCUT2D eigenvalue weighted by molar-refractivity contribution is 7.92. The number of hydrogen-bond donors (Lipinski definition) is 3. The third-order valence-corrected chi connectivity index (χ3v) is 8.06. The molecule has 0 radical (unpaired) electrons. The normalized spacial score (nSPS) is 13.9. The van der Waals surface area contributed by atoms with Crippen LogP contribution in [0.4, 0.5) is 26.1 Å². The summed E-state index contributed by atoms with van der Waals surface area (Å²) in [5.74, 6) is -0.624. The van der Waals surface area contributed by atoms with Crippen LogP contribution in [0.2, 0.25) is 0 Å². The second-order valence-corrected chi connectivity index (χ2v) is 11.5. The molecule has 0 atom stereocenters. The lowest BCUT2D eigenvalue weighted by molar-refractivity contribution is 0.122. The van der Waals surface area contributed by atoms with Gasteiger partial charge in [-0.1, -0.05) is 6.92 Å². The van der Waals surface area contributed by atoms with Gasteiger partial charge < -0.3 is 20.1 Å². The van der Waals surface area contributed by atoms with Crippen LogP contribution in [0.15, 0.2) is 42.6 Å². The fraction of sp³-hybridized carbons (Fsp3) is 0.357. The van der Waals surface area contributed by atoms with Gasteiger partial charge in [-0.15, -0.1) is 0 Å². The average molecular weight is 600 g/mol. The maximum absolute atomic E-state index is 15.6. The number of sulfonamides is 1. The quantitative estimate of drug-likeness (QED) is 0.218. The topological polar surface area (TPSA) is 142 Å². The van der Waals surface area contributed by atoms with Crippen molar-refractivity contribution in [3.8, 4) is 22.6 Å². The predicted octanol–water partition coefficient (Wildman–Crippen LogP) is 3.81. The fourth-order valence-corrected chi connectivity index (χ4v) is 5.67. The van der Waals surface area contributed by atoms with E-state index < -0.39 is 27.2 Å². The zero-order valence-corrected chi connectivity index (χ0v) is 23.8. The number of halogens is 2. The molecule has 1 aromatic carbocycles. The Morgan fingerprint density at radius 1 is 1.05 bits per heavy atom. The maximum Gasteiger partial charge on any atom is 0.232 e. The van der Waals surface area contributed by atoms with E-state index in [1.807, 2.05) is 11.0 Å². The van der Waals surface area contributed by atoms with E-state index in [0.717, 1.165) is 12.1 Å². The Bertz CT molecular complexity index is 1670. The van der Waals surface area contributed by atoms with Crippen LogP contribution in [-0.2, 0) is 14.8 Å². The number of ether oxygens (including phenoxy) is 1. The number of aliphatic hydroxyl groups is 1. The molecule has 11 nitrogen and oxygen atoms in total. The highest BCUT2D eigenvalue weighted by atomic mass is 32.2. The number of benzene rings is 1. The Balaban J connectivity index is 1.57. The van der Waals surface area contributed by atoms with Crippen LogP contribution in [0.3, 0.4) is 0 Å². The molecule has 222 valence electrons. The first-order valence-electron chi connectivity index (χ1n) is 13.6. The maximum atomic E-state index is 15.6. The molecular formula is C28H31F2N7O4S. The first-order valence-corrected chi connectivity index (χ1v) is 15.3. The lowest BCUT2D eigenvalue weighted by atomic mass is 10.1. The van der Waals surface area contributed by atoms with Crippen LogP contribution >= 0.6 is 0 Å². The van der Waals surface area contributed by atoms with Crippen LogP contribution in [0, 0.1) is 11.6 Å². The number of nitrogens with one attached hydrogen (secondary N) is 2. The Morgan fingerprint density at radius 3 is 2.57 bits per heavy atom. The number of aromatic nitrogens is 4. The van der Waals surface area contributed by atoms with E-state index in [4.69, 9.17) is 14.8 Å². The van der Waals surface area contributed by atoms with E-state index in [1.54, 1.807) is 25.3 Å². The molecule has 0 bridgehead atoms. The standard InChI is InChI=1S/C28H31F2N7O4S/c1-2-16-42(39,40)36-21-6-5-19(29)24(25(21)30)20-7-8-22-26(33-20)28(37-11-14-41-15-12-37)35-27(34-22)18-4-9-23(32-17-18)31-10-3-13-38/h4-9,17,36,38H,2-3,10-16H2,1H3,(H,31,32). The summed E-state index contributed by atoms with van der Waals surface area (Å²) in [6.07, 6.45) is 2.58. The van der Waals surface area contributed by atoms with E-state index in [1.165, 1.54) is 6.07 Å². The summed E-state index contributed by atoms with van der Waals surface area (Å²) in [5.41, 5.74) is 0.607. The molecule has 1 fully saturated rings. The molecule has 0 spiro atoms. The number of hydrogen-bond acceptors (Lipinski definition) is 10. The van der Waals surface area contributed by atoms with Crippen molar-refractivity contribution in [1.82, 2.24) is 19.9 Å². The minimum Gasteiger partial charge on any atom is -0.396 e. The van der Waals surface area contributed by atoms with Gasteiger partial charge in [0.2, 0.25) is 10.0 Å². The third kappa shape index (κ3) is 6.55. The van der Waals surface area contributed by atoms with Crippen molar-refractivity contribution in [3.05, 3.63) is 54.2 Å². The van der Waals surface area contributed by atoms with Crippen molar-refractivity contribution < 1.29 is 27.0 Å². The van der Waals surface area contributed by atoms with Gasteiger partial charge in [0.25, 0.3) is 0 Å². The number of rotatable bonds is 11. The molecule has 1 aliphatic rings. The van der Waals surface area contributed by atoms with Crippen molar-refractivity contribution in [1.29, 1.82) is 0 Å².